The first-order chi connectivity index (χ1) is 8.42. The number of thiazole rings is 1. The molecule has 0 atom stereocenters. The molecule has 6 nitrogen and oxygen atoms in total. The predicted molar refractivity (Wildman–Crippen MR) is 67.0 cm³/mol. The first kappa shape index (κ1) is 13.1. The first-order valence-electron chi connectivity index (χ1n) is 5.09. The molecular weight excluding hydrogens is 276 g/mol. The van der Waals surface area contributed by atoms with Gasteiger partial charge in [-0.15, -0.1) is 11.3 Å². The highest BCUT2D eigenvalue weighted by molar-refractivity contribution is 7.92. The summed E-state index contributed by atoms with van der Waals surface area (Å²) in [4.78, 5) is 5.03. The van der Waals surface area contributed by atoms with Gasteiger partial charge in [0.05, 0.1) is 5.69 Å². The van der Waals surface area contributed by atoms with Crippen molar-refractivity contribution in [3.05, 3.63) is 28.5 Å². The van der Waals surface area contributed by atoms with Crippen molar-refractivity contribution in [3.63, 3.8) is 0 Å². The summed E-state index contributed by atoms with van der Waals surface area (Å²) < 4.78 is 31.2. The number of nitrogens with one attached hydrogen (secondary N) is 1. The van der Waals surface area contributed by atoms with E-state index in [9.17, 15) is 8.42 Å². The molecule has 0 aliphatic carbocycles. The number of aromatic nitrogens is 1. The van der Waals surface area contributed by atoms with Crippen LogP contribution in [0.15, 0.2) is 21.6 Å². The molecule has 2 N–H and O–H groups in total. The van der Waals surface area contributed by atoms with Crippen LogP contribution in [0.1, 0.15) is 16.3 Å². The van der Waals surface area contributed by atoms with Crippen molar-refractivity contribution in [1.29, 1.82) is 0 Å². The number of aliphatic hydroxyl groups excluding tert-OH is 1. The molecule has 0 aliphatic heterocycles. The van der Waals surface area contributed by atoms with Gasteiger partial charge in [-0.2, -0.15) is 8.42 Å². The highest BCUT2D eigenvalue weighted by atomic mass is 32.2. The summed E-state index contributed by atoms with van der Waals surface area (Å²) in [6.07, 6.45) is 0. The van der Waals surface area contributed by atoms with Crippen LogP contribution in [-0.2, 0) is 16.6 Å². The lowest BCUT2D eigenvalue weighted by Gasteiger charge is -2.01. The van der Waals surface area contributed by atoms with Crippen molar-refractivity contribution >= 4 is 26.5 Å². The molecular formula is C10H12N2O4S2. The minimum Gasteiger partial charge on any atom is -0.445 e. The third-order valence-corrected chi connectivity index (χ3v) is 4.64. The zero-order valence-electron chi connectivity index (χ0n) is 9.80. The third-order valence-electron chi connectivity index (χ3n) is 2.31. The van der Waals surface area contributed by atoms with Gasteiger partial charge in [-0.25, -0.2) is 4.98 Å². The molecule has 2 aromatic heterocycles. The summed E-state index contributed by atoms with van der Waals surface area (Å²) in [6, 6.07) is 2.70. The minimum atomic E-state index is -3.79. The summed E-state index contributed by atoms with van der Waals surface area (Å²) in [6.45, 7) is 3.33. The van der Waals surface area contributed by atoms with Gasteiger partial charge in [0.25, 0.3) is 10.0 Å². The zero-order chi connectivity index (χ0) is 13.3. The van der Waals surface area contributed by atoms with E-state index < -0.39 is 10.0 Å². The van der Waals surface area contributed by atoms with E-state index in [4.69, 9.17) is 9.52 Å². The van der Waals surface area contributed by atoms with E-state index in [1.807, 2.05) is 6.92 Å². The maximum atomic E-state index is 11.9. The maximum Gasteiger partial charge on any atom is 0.297 e. The number of anilines is 1. The Morgan fingerprint density at radius 1 is 1.44 bits per heavy atom. The second-order valence-electron chi connectivity index (χ2n) is 3.64. The molecule has 0 unspecified atom stereocenters. The van der Waals surface area contributed by atoms with Gasteiger partial charge < -0.3 is 9.52 Å². The van der Waals surface area contributed by atoms with Gasteiger partial charge in [0.15, 0.2) is 5.13 Å². The van der Waals surface area contributed by atoms with E-state index >= 15 is 0 Å². The van der Waals surface area contributed by atoms with Gasteiger partial charge in [-0.1, -0.05) is 0 Å². The molecule has 0 saturated carbocycles. The average Bonchev–Trinajstić information content (AvgIpc) is 2.86. The molecule has 0 bridgehead atoms. The number of sulfonamides is 1. The molecule has 2 aromatic rings. The van der Waals surface area contributed by atoms with Crippen molar-refractivity contribution in [3.8, 4) is 0 Å². The quantitative estimate of drug-likeness (QED) is 0.892. The van der Waals surface area contributed by atoms with E-state index in [0.29, 0.717) is 5.13 Å². The Bertz CT molecular complexity index is 638. The van der Waals surface area contributed by atoms with E-state index in [0.717, 1.165) is 10.6 Å². The summed E-state index contributed by atoms with van der Waals surface area (Å²) >= 11 is 1.26. The lowest BCUT2D eigenvalue weighted by molar-refractivity contribution is 0.236. The number of rotatable bonds is 4. The van der Waals surface area contributed by atoms with Crippen molar-refractivity contribution < 1.29 is 17.9 Å². The first-order valence-corrected chi connectivity index (χ1v) is 7.39. The Kier molecular flexibility index (Phi) is 3.42. The molecule has 2 rings (SSSR count). The topological polar surface area (TPSA) is 92.4 Å². The normalized spacial score (nSPS) is 11.7. The third kappa shape index (κ3) is 2.55. The molecule has 2 heterocycles. The SMILES string of the molecule is Cc1nc(NS(=O)(=O)c2ccc(CO)o2)sc1C. The van der Waals surface area contributed by atoms with Gasteiger partial charge in [0, 0.05) is 4.88 Å². The fraction of sp³-hybridized carbons (Fsp3) is 0.300. The van der Waals surface area contributed by atoms with Gasteiger partial charge in [-0.3, -0.25) is 4.72 Å². The smallest absolute Gasteiger partial charge is 0.297 e. The minimum absolute atomic E-state index is 0.196. The van der Waals surface area contributed by atoms with Gasteiger partial charge in [0.1, 0.15) is 12.4 Å². The Labute approximate surface area is 108 Å². The van der Waals surface area contributed by atoms with Crippen molar-refractivity contribution in [2.45, 2.75) is 25.5 Å². The van der Waals surface area contributed by atoms with Crippen molar-refractivity contribution in [1.82, 2.24) is 4.98 Å². The Balaban J connectivity index is 2.26. The van der Waals surface area contributed by atoms with Crippen LogP contribution >= 0.6 is 11.3 Å². The lowest BCUT2D eigenvalue weighted by atomic mass is 10.4. The summed E-state index contributed by atoms with van der Waals surface area (Å²) in [5, 5.41) is 8.89. The monoisotopic (exact) mass is 288 g/mol. The lowest BCUT2D eigenvalue weighted by Crippen LogP contribution is -2.11. The Morgan fingerprint density at radius 3 is 2.67 bits per heavy atom. The second-order valence-corrected chi connectivity index (χ2v) is 6.46. The van der Waals surface area contributed by atoms with Crippen LogP contribution in [0.5, 0.6) is 0 Å². The van der Waals surface area contributed by atoms with Gasteiger partial charge in [0.2, 0.25) is 5.09 Å². The van der Waals surface area contributed by atoms with Crippen molar-refractivity contribution in [2.75, 3.05) is 4.72 Å². The molecule has 18 heavy (non-hydrogen) atoms. The second kappa shape index (κ2) is 4.71. The Hall–Kier alpha value is -1.38. The van der Waals surface area contributed by atoms with Crippen LogP contribution in [0.3, 0.4) is 0 Å². The molecule has 8 heteroatoms. The van der Waals surface area contributed by atoms with Crippen LogP contribution in [0.4, 0.5) is 5.13 Å². The molecule has 0 amide bonds. The number of aliphatic hydroxyl groups is 1. The standard InChI is InChI=1S/C10H12N2O4S2/c1-6-7(2)17-10(11-6)12-18(14,15)9-4-3-8(5-13)16-9/h3-4,13H,5H2,1-2H3,(H,11,12). The number of hydrogen-bond acceptors (Lipinski definition) is 6. The molecule has 0 radical (unpaired) electrons. The van der Waals surface area contributed by atoms with Crippen LogP contribution in [0.25, 0.3) is 0 Å². The van der Waals surface area contributed by atoms with E-state index in [1.165, 1.54) is 23.5 Å². The average molecular weight is 288 g/mol. The van der Waals surface area contributed by atoms with Gasteiger partial charge >= 0.3 is 0 Å². The molecule has 0 aliphatic rings. The molecule has 0 spiro atoms. The molecule has 0 aromatic carbocycles. The highest BCUT2D eigenvalue weighted by Crippen LogP contribution is 2.24. The summed E-state index contributed by atoms with van der Waals surface area (Å²) in [5.74, 6) is 0.196. The summed E-state index contributed by atoms with van der Waals surface area (Å²) in [5.41, 5.74) is 0.785. The van der Waals surface area contributed by atoms with Crippen LogP contribution in [0.2, 0.25) is 0 Å². The van der Waals surface area contributed by atoms with Crippen LogP contribution in [-0.4, -0.2) is 18.5 Å². The Morgan fingerprint density at radius 2 is 2.17 bits per heavy atom. The van der Waals surface area contributed by atoms with E-state index in [2.05, 4.69) is 9.71 Å². The fourth-order valence-electron chi connectivity index (χ4n) is 1.27. The summed E-state index contributed by atoms with van der Waals surface area (Å²) in [7, 11) is -3.79. The van der Waals surface area contributed by atoms with Crippen molar-refractivity contribution in [2.24, 2.45) is 0 Å². The number of hydrogen-bond donors (Lipinski definition) is 2. The number of nitrogens with zero attached hydrogens (tertiary/aromatic N) is 1. The number of furan rings is 1. The van der Waals surface area contributed by atoms with Gasteiger partial charge in [-0.05, 0) is 26.0 Å². The molecule has 98 valence electrons. The molecule has 0 saturated heterocycles. The zero-order valence-corrected chi connectivity index (χ0v) is 11.4. The van der Waals surface area contributed by atoms with E-state index in [1.54, 1.807) is 6.92 Å². The van der Waals surface area contributed by atoms with E-state index in [-0.39, 0.29) is 17.5 Å². The maximum absolute atomic E-state index is 11.9. The number of aryl methyl sites for hydroxylation is 2. The van der Waals surface area contributed by atoms with Crippen LogP contribution in [0, 0.1) is 13.8 Å². The fourth-order valence-corrected chi connectivity index (χ4v) is 3.27. The highest BCUT2D eigenvalue weighted by Gasteiger charge is 2.20. The predicted octanol–water partition coefficient (Wildman–Crippen LogP) is 1.65. The largest absolute Gasteiger partial charge is 0.445 e. The van der Waals surface area contributed by atoms with Crippen LogP contribution < -0.4 is 4.72 Å². The molecule has 0 fully saturated rings.